The number of ether oxygens (including phenoxy) is 1. The second-order valence-electron chi connectivity index (χ2n) is 3.68. The zero-order valence-electron chi connectivity index (χ0n) is 8.24. The van der Waals surface area contributed by atoms with Crippen LogP contribution in [0.4, 0.5) is 0 Å². The monoisotopic (exact) mass is 196 g/mol. The number of rotatable bonds is 4. The number of nitrogens with one attached hydrogen (secondary N) is 1. The van der Waals surface area contributed by atoms with E-state index in [1.165, 1.54) is 12.8 Å². The summed E-state index contributed by atoms with van der Waals surface area (Å²) in [5, 5.41) is 7.22. The van der Waals surface area contributed by atoms with Gasteiger partial charge in [0.25, 0.3) is 0 Å². The van der Waals surface area contributed by atoms with Crippen molar-refractivity contribution >= 4 is 0 Å². The number of nitrogens with zero attached hydrogens (tertiary/aromatic N) is 1. The maximum Gasteiger partial charge on any atom is 0.124 e. The summed E-state index contributed by atoms with van der Waals surface area (Å²) in [4.78, 5) is 0. The molecule has 14 heavy (non-hydrogen) atoms. The minimum Gasteiger partial charge on any atom is -0.381 e. The largest absolute Gasteiger partial charge is 0.381 e. The van der Waals surface area contributed by atoms with Crippen molar-refractivity contribution in [1.29, 1.82) is 0 Å². The lowest BCUT2D eigenvalue weighted by atomic mass is 10.0. The standard InChI is InChI=1S/C10H16N2O2/c1-4-13-5-2-9(1)7-11-8-10-3-6-14-12-10/h3,6,9,11H,1-2,4-5,7-8H2. The van der Waals surface area contributed by atoms with Crippen LogP contribution in [-0.2, 0) is 11.3 Å². The van der Waals surface area contributed by atoms with Crippen LogP contribution >= 0.6 is 0 Å². The lowest BCUT2D eigenvalue weighted by Crippen LogP contribution is -2.27. The molecule has 0 radical (unpaired) electrons. The van der Waals surface area contributed by atoms with Crippen molar-refractivity contribution in [2.75, 3.05) is 19.8 Å². The predicted molar refractivity (Wildman–Crippen MR) is 51.8 cm³/mol. The maximum absolute atomic E-state index is 5.30. The first-order valence-electron chi connectivity index (χ1n) is 5.13. The average molecular weight is 196 g/mol. The molecule has 1 fully saturated rings. The number of aromatic nitrogens is 1. The lowest BCUT2D eigenvalue weighted by molar-refractivity contribution is 0.0662. The van der Waals surface area contributed by atoms with Gasteiger partial charge in [-0.3, -0.25) is 0 Å². The summed E-state index contributed by atoms with van der Waals surface area (Å²) in [6.45, 7) is 3.68. The zero-order valence-corrected chi connectivity index (χ0v) is 8.24. The Morgan fingerprint density at radius 3 is 3.00 bits per heavy atom. The second-order valence-corrected chi connectivity index (χ2v) is 3.68. The van der Waals surface area contributed by atoms with Crippen LogP contribution < -0.4 is 5.32 Å². The van der Waals surface area contributed by atoms with E-state index >= 15 is 0 Å². The molecule has 0 unspecified atom stereocenters. The van der Waals surface area contributed by atoms with Gasteiger partial charge in [0.1, 0.15) is 6.26 Å². The van der Waals surface area contributed by atoms with Crippen LogP contribution in [0.25, 0.3) is 0 Å². The van der Waals surface area contributed by atoms with Gasteiger partial charge in [-0.25, -0.2) is 0 Å². The van der Waals surface area contributed by atoms with E-state index in [1.54, 1.807) is 6.26 Å². The molecule has 1 aromatic heterocycles. The van der Waals surface area contributed by atoms with Gasteiger partial charge in [-0.1, -0.05) is 5.16 Å². The van der Waals surface area contributed by atoms with Crippen molar-refractivity contribution in [1.82, 2.24) is 10.5 Å². The third-order valence-electron chi connectivity index (χ3n) is 2.57. The molecule has 1 aliphatic heterocycles. The average Bonchev–Trinajstić information content (AvgIpc) is 2.72. The Kier molecular flexibility index (Phi) is 3.54. The molecule has 4 heteroatoms. The fourth-order valence-electron chi connectivity index (χ4n) is 1.68. The van der Waals surface area contributed by atoms with Gasteiger partial charge < -0.3 is 14.6 Å². The fraction of sp³-hybridized carbons (Fsp3) is 0.700. The molecule has 4 nitrogen and oxygen atoms in total. The zero-order chi connectivity index (χ0) is 9.64. The van der Waals surface area contributed by atoms with Gasteiger partial charge in [0.15, 0.2) is 0 Å². The van der Waals surface area contributed by atoms with E-state index in [0.29, 0.717) is 0 Å². The summed E-state index contributed by atoms with van der Waals surface area (Å²) in [6.07, 6.45) is 3.95. The SMILES string of the molecule is c1cc(CNCC2CCOCC2)no1. The molecule has 2 heterocycles. The van der Waals surface area contributed by atoms with Gasteiger partial charge in [-0.05, 0) is 25.3 Å². The number of hydrogen-bond donors (Lipinski definition) is 1. The summed E-state index contributed by atoms with van der Waals surface area (Å²) in [6, 6.07) is 1.89. The Morgan fingerprint density at radius 1 is 1.43 bits per heavy atom. The van der Waals surface area contributed by atoms with Crippen molar-refractivity contribution in [2.24, 2.45) is 5.92 Å². The smallest absolute Gasteiger partial charge is 0.124 e. The van der Waals surface area contributed by atoms with Crippen LogP contribution in [0.15, 0.2) is 16.9 Å². The van der Waals surface area contributed by atoms with E-state index in [2.05, 4.69) is 10.5 Å². The predicted octanol–water partition coefficient (Wildman–Crippen LogP) is 1.19. The maximum atomic E-state index is 5.30. The highest BCUT2D eigenvalue weighted by Gasteiger charge is 2.12. The molecule has 0 bridgehead atoms. The van der Waals surface area contributed by atoms with Gasteiger partial charge >= 0.3 is 0 Å². The number of hydrogen-bond acceptors (Lipinski definition) is 4. The van der Waals surface area contributed by atoms with Crippen molar-refractivity contribution < 1.29 is 9.26 Å². The molecule has 1 N–H and O–H groups in total. The van der Waals surface area contributed by atoms with Gasteiger partial charge in [0, 0.05) is 25.8 Å². The first-order valence-corrected chi connectivity index (χ1v) is 5.13. The molecule has 1 saturated heterocycles. The Bertz CT molecular complexity index is 243. The van der Waals surface area contributed by atoms with E-state index in [1.807, 2.05) is 6.07 Å². The summed E-state index contributed by atoms with van der Waals surface area (Å²) < 4.78 is 10.0. The highest BCUT2D eigenvalue weighted by molar-refractivity contribution is 4.94. The quantitative estimate of drug-likeness (QED) is 0.785. The minimum absolute atomic E-state index is 0.760. The van der Waals surface area contributed by atoms with E-state index < -0.39 is 0 Å². The third kappa shape index (κ3) is 2.82. The normalized spacial score (nSPS) is 18.6. The topological polar surface area (TPSA) is 47.3 Å². The Balaban J connectivity index is 1.62. The van der Waals surface area contributed by atoms with Crippen LogP contribution in [0.1, 0.15) is 18.5 Å². The van der Waals surface area contributed by atoms with Crippen molar-refractivity contribution in [3.8, 4) is 0 Å². The Morgan fingerprint density at radius 2 is 2.29 bits per heavy atom. The van der Waals surface area contributed by atoms with Crippen LogP contribution in [0.5, 0.6) is 0 Å². The highest BCUT2D eigenvalue weighted by Crippen LogP contribution is 2.13. The molecule has 78 valence electrons. The van der Waals surface area contributed by atoms with E-state index in [9.17, 15) is 0 Å². The van der Waals surface area contributed by atoms with E-state index in [-0.39, 0.29) is 0 Å². The molecule has 0 atom stereocenters. The van der Waals surface area contributed by atoms with Gasteiger partial charge in [0.2, 0.25) is 0 Å². The summed E-state index contributed by atoms with van der Waals surface area (Å²) >= 11 is 0. The summed E-state index contributed by atoms with van der Waals surface area (Å²) in [7, 11) is 0. The third-order valence-corrected chi connectivity index (χ3v) is 2.57. The van der Waals surface area contributed by atoms with Crippen molar-refractivity contribution in [2.45, 2.75) is 19.4 Å². The highest BCUT2D eigenvalue weighted by atomic mass is 16.5. The summed E-state index contributed by atoms with van der Waals surface area (Å²) in [5.41, 5.74) is 0.969. The molecule has 0 spiro atoms. The van der Waals surface area contributed by atoms with Crippen LogP contribution in [0.3, 0.4) is 0 Å². The molecular formula is C10H16N2O2. The Hall–Kier alpha value is -0.870. The van der Waals surface area contributed by atoms with E-state index in [0.717, 1.165) is 37.9 Å². The first kappa shape index (κ1) is 9.68. The van der Waals surface area contributed by atoms with Gasteiger partial charge in [-0.15, -0.1) is 0 Å². The molecule has 0 amide bonds. The molecular weight excluding hydrogens is 180 g/mol. The van der Waals surface area contributed by atoms with Crippen molar-refractivity contribution in [3.63, 3.8) is 0 Å². The van der Waals surface area contributed by atoms with Crippen LogP contribution in [0.2, 0.25) is 0 Å². The lowest BCUT2D eigenvalue weighted by Gasteiger charge is -2.21. The van der Waals surface area contributed by atoms with Crippen LogP contribution in [0, 0.1) is 5.92 Å². The van der Waals surface area contributed by atoms with E-state index in [4.69, 9.17) is 9.26 Å². The summed E-state index contributed by atoms with van der Waals surface area (Å²) in [5.74, 6) is 0.760. The molecule has 1 aliphatic rings. The second kappa shape index (κ2) is 5.12. The van der Waals surface area contributed by atoms with Crippen molar-refractivity contribution in [3.05, 3.63) is 18.0 Å². The Labute approximate surface area is 83.6 Å². The minimum atomic E-state index is 0.760. The molecule has 0 saturated carbocycles. The fourth-order valence-corrected chi connectivity index (χ4v) is 1.68. The molecule has 0 aliphatic carbocycles. The molecule has 2 rings (SSSR count). The van der Waals surface area contributed by atoms with Gasteiger partial charge in [-0.2, -0.15) is 0 Å². The molecule has 1 aromatic rings. The van der Waals surface area contributed by atoms with Crippen LogP contribution in [-0.4, -0.2) is 24.9 Å². The first-order chi connectivity index (χ1) is 6.95. The van der Waals surface area contributed by atoms with Gasteiger partial charge in [0.05, 0.1) is 5.69 Å². The molecule has 0 aromatic carbocycles.